The van der Waals surface area contributed by atoms with Crippen LogP contribution in [0.1, 0.15) is 0 Å². The number of aromatic nitrogens is 1. The van der Waals surface area contributed by atoms with Gasteiger partial charge in [0, 0.05) is 38.7 Å². The number of anilines is 3. The van der Waals surface area contributed by atoms with Crippen molar-refractivity contribution < 1.29 is 4.42 Å². The molecule has 0 N–H and O–H groups in total. The van der Waals surface area contributed by atoms with E-state index in [1.165, 1.54) is 26.2 Å². The van der Waals surface area contributed by atoms with Gasteiger partial charge in [0.1, 0.15) is 16.2 Å². The van der Waals surface area contributed by atoms with Crippen molar-refractivity contribution in [3.8, 4) is 21.7 Å². The largest absolute Gasteiger partial charge is 0.456 e. The minimum absolute atomic E-state index is 0.889. The Labute approximate surface area is 286 Å². The molecule has 0 radical (unpaired) electrons. The van der Waals surface area contributed by atoms with E-state index in [1.54, 1.807) is 11.3 Å². The van der Waals surface area contributed by atoms with Crippen LogP contribution in [0.4, 0.5) is 17.1 Å². The van der Waals surface area contributed by atoms with Crippen molar-refractivity contribution in [1.82, 2.24) is 4.98 Å². The molecule has 0 aliphatic heterocycles. The summed E-state index contributed by atoms with van der Waals surface area (Å²) in [6, 6.07) is 60.3. The minimum atomic E-state index is 0.889. The van der Waals surface area contributed by atoms with Crippen LogP contribution in [0.25, 0.3) is 75.4 Å². The fourth-order valence-corrected chi connectivity index (χ4v) is 8.30. The first-order valence-electron chi connectivity index (χ1n) is 16.5. The molecular weight excluding hydrogens is 617 g/mol. The van der Waals surface area contributed by atoms with Crippen LogP contribution in [0.2, 0.25) is 0 Å². The Morgan fingerprint density at radius 3 is 2.10 bits per heavy atom. The van der Waals surface area contributed by atoms with E-state index >= 15 is 0 Å². The molecule has 3 nitrogen and oxygen atoms in total. The average molecular weight is 645 g/mol. The minimum Gasteiger partial charge on any atom is -0.456 e. The highest BCUT2D eigenvalue weighted by atomic mass is 32.1. The van der Waals surface area contributed by atoms with Crippen LogP contribution in [0.15, 0.2) is 174 Å². The van der Waals surface area contributed by atoms with E-state index in [9.17, 15) is 0 Å². The molecule has 0 aliphatic rings. The van der Waals surface area contributed by atoms with Crippen molar-refractivity contribution in [2.24, 2.45) is 0 Å². The van der Waals surface area contributed by atoms with Crippen LogP contribution in [-0.2, 0) is 0 Å². The number of hydrogen-bond donors (Lipinski definition) is 0. The van der Waals surface area contributed by atoms with Gasteiger partial charge in [-0.15, -0.1) is 11.3 Å². The summed E-state index contributed by atoms with van der Waals surface area (Å²) in [7, 11) is 0. The van der Waals surface area contributed by atoms with Gasteiger partial charge in [0.25, 0.3) is 0 Å². The van der Waals surface area contributed by atoms with Crippen LogP contribution >= 0.6 is 11.3 Å². The second kappa shape index (κ2) is 11.2. The summed E-state index contributed by atoms with van der Waals surface area (Å²) >= 11 is 1.77. The number of thiazole rings is 1. The Morgan fingerprint density at radius 2 is 1.20 bits per heavy atom. The SMILES string of the molecule is c1ccc(-c2nc3ccc4ccc5ccc(N(c6ccccc6)c6ccccc6-c6ccc7c(c6)oc6ccccc67)cc5c4c3s2)cc1. The maximum Gasteiger partial charge on any atom is 0.136 e. The molecule has 0 bridgehead atoms. The third-order valence-corrected chi connectivity index (χ3v) is 10.6. The maximum absolute atomic E-state index is 6.32. The summed E-state index contributed by atoms with van der Waals surface area (Å²) in [4.78, 5) is 7.45. The summed E-state index contributed by atoms with van der Waals surface area (Å²) in [6.07, 6.45) is 0. The first-order valence-corrected chi connectivity index (χ1v) is 17.3. The molecule has 49 heavy (non-hydrogen) atoms. The van der Waals surface area contributed by atoms with Crippen molar-refractivity contribution in [2.45, 2.75) is 0 Å². The van der Waals surface area contributed by atoms with Crippen LogP contribution in [0.5, 0.6) is 0 Å². The van der Waals surface area contributed by atoms with Crippen molar-refractivity contribution in [3.05, 3.63) is 170 Å². The van der Waals surface area contributed by atoms with Gasteiger partial charge in [-0.3, -0.25) is 0 Å². The molecule has 0 saturated heterocycles. The molecule has 0 aliphatic carbocycles. The molecular formula is C45H28N2OS. The number of benzene rings is 8. The molecule has 0 atom stereocenters. The van der Waals surface area contributed by atoms with Gasteiger partial charge in [-0.25, -0.2) is 4.98 Å². The number of rotatable bonds is 5. The van der Waals surface area contributed by atoms with Gasteiger partial charge >= 0.3 is 0 Å². The van der Waals surface area contributed by atoms with E-state index in [-0.39, 0.29) is 0 Å². The van der Waals surface area contributed by atoms with Crippen LogP contribution in [-0.4, -0.2) is 4.98 Å². The van der Waals surface area contributed by atoms with Crippen molar-refractivity contribution in [3.63, 3.8) is 0 Å². The van der Waals surface area contributed by atoms with E-state index in [1.807, 2.05) is 12.1 Å². The lowest BCUT2D eigenvalue weighted by Crippen LogP contribution is -2.11. The molecule has 4 heteroatoms. The van der Waals surface area contributed by atoms with Crippen molar-refractivity contribution in [1.29, 1.82) is 0 Å². The third kappa shape index (κ3) is 4.61. The number of hydrogen-bond acceptors (Lipinski definition) is 4. The molecule has 230 valence electrons. The summed E-state index contributed by atoms with van der Waals surface area (Å²) in [5.41, 5.74) is 9.48. The zero-order valence-electron chi connectivity index (χ0n) is 26.4. The summed E-state index contributed by atoms with van der Waals surface area (Å²) in [6.45, 7) is 0. The Bertz CT molecular complexity index is 2840. The lowest BCUT2D eigenvalue weighted by atomic mass is 9.98. The van der Waals surface area contributed by atoms with Gasteiger partial charge in [0.15, 0.2) is 0 Å². The van der Waals surface area contributed by atoms with Crippen molar-refractivity contribution in [2.75, 3.05) is 4.90 Å². The second-order valence-corrected chi connectivity index (χ2v) is 13.4. The highest BCUT2D eigenvalue weighted by Gasteiger charge is 2.19. The molecule has 8 aromatic carbocycles. The van der Waals surface area contributed by atoms with Crippen LogP contribution < -0.4 is 4.90 Å². The summed E-state index contributed by atoms with van der Waals surface area (Å²) in [5.74, 6) is 0. The van der Waals surface area contributed by atoms with Crippen LogP contribution in [0, 0.1) is 0 Å². The molecule has 10 aromatic rings. The van der Waals surface area contributed by atoms with Gasteiger partial charge < -0.3 is 9.32 Å². The van der Waals surface area contributed by atoms with Gasteiger partial charge in [0.05, 0.1) is 15.9 Å². The first-order chi connectivity index (χ1) is 24.3. The number of para-hydroxylation sites is 3. The first kappa shape index (κ1) is 27.8. The fourth-order valence-electron chi connectivity index (χ4n) is 7.16. The Kier molecular flexibility index (Phi) is 6.36. The van der Waals surface area contributed by atoms with Crippen LogP contribution in [0.3, 0.4) is 0 Å². The monoisotopic (exact) mass is 644 g/mol. The molecule has 2 aromatic heterocycles. The second-order valence-electron chi connectivity index (χ2n) is 12.4. The maximum atomic E-state index is 6.32. The van der Waals surface area contributed by atoms with E-state index in [4.69, 9.17) is 9.40 Å². The quantitative estimate of drug-likeness (QED) is 0.175. The van der Waals surface area contributed by atoms with Gasteiger partial charge in [0.2, 0.25) is 0 Å². The fraction of sp³-hybridized carbons (Fsp3) is 0. The van der Waals surface area contributed by atoms with E-state index < -0.39 is 0 Å². The Hall–Kier alpha value is -6.23. The Morgan fingerprint density at radius 1 is 0.490 bits per heavy atom. The molecule has 2 heterocycles. The topological polar surface area (TPSA) is 29.3 Å². The normalized spacial score (nSPS) is 11.7. The van der Waals surface area contributed by atoms with E-state index in [0.717, 1.165) is 66.2 Å². The molecule has 10 rings (SSSR count). The summed E-state index contributed by atoms with van der Waals surface area (Å²) < 4.78 is 7.53. The number of furan rings is 1. The predicted molar refractivity (Wildman–Crippen MR) is 207 cm³/mol. The molecule has 0 spiro atoms. The summed E-state index contributed by atoms with van der Waals surface area (Å²) in [5, 5.41) is 8.18. The Balaban J connectivity index is 1.19. The van der Waals surface area contributed by atoms with Gasteiger partial charge in [-0.1, -0.05) is 115 Å². The highest BCUT2D eigenvalue weighted by Crippen LogP contribution is 2.44. The molecule has 0 saturated carbocycles. The highest BCUT2D eigenvalue weighted by molar-refractivity contribution is 7.22. The standard InChI is InChI=1S/C45H28N2OS/c1-3-11-31(12-4-1)45-46-39-26-23-30-20-19-29-21-24-34(28-38(29)43(30)44(39)49-45)47(33-13-5-2-6-14-33)40-17-9-7-15-35(40)32-22-25-37-36-16-8-10-18-41(36)48-42(37)27-32/h1-28H. The van der Waals surface area contributed by atoms with Crippen molar-refractivity contribution >= 4 is 82.1 Å². The predicted octanol–water partition coefficient (Wildman–Crippen LogP) is 13.3. The van der Waals surface area contributed by atoms with Gasteiger partial charge in [-0.2, -0.15) is 0 Å². The lowest BCUT2D eigenvalue weighted by molar-refractivity contribution is 0.669. The van der Waals surface area contributed by atoms with Gasteiger partial charge in [-0.05, 0) is 76.3 Å². The lowest BCUT2D eigenvalue weighted by Gasteiger charge is -2.28. The molecule has 0 fully saturated rings. The average Bonchev–Trinajstić information content (AvgIpc) is 3.77. The molecule has 0 amide bonds. The van der Waals surface area contributed by atoms with E-state index in [2.05, 4.69) is 163 Å². The smallest absolute Gasteiger partial charge is 0.136 e. The number of nitrogens with zero attached hydrogens (tertiary/aromatic N) is 2. The zero-order valence-corrected chi connectivity index (χ0v) is 27.2. The number of fused-ring (bicyclic) bond motifs is 8. The van der Waals surface area contributed by atoms with E-state index in [0.29, 0.717) is 0 Å². The molecule has 0 unspecified atom stereocenters. The third-order valence-electron chi connectivity index (χ3n) is 9.47. The zero-order chi connectivity index (χ0) is 32.3.